The van der Waals surface area contributed by atoms with Crippen LogP contribution in [0.15, 0.2) is 28.6 Å². The highest BCUT2D eigenvalue weighted by Crippen LogP contribution is 2.15. The van der Waals surface area contributed by atoms with Gasteiger partial charge >= 0.3 is 0 Å². The fourth-order valence-corrected chi connectivity index (χ4v) is 3.73. The van der Waals surface area contributed by atoms with Gasteiger partial charge in [0.15, 0.2) is 0 Å². The van der Waals surface area contributed by atoms with Gasteiger partial charge < -0.3 is 0 Å². The number of aryl methyl sites for hydroxylation is 3. The van der Waals surface area contributed by atoms with Crippen LogP contribution in [-0.2, 0) is 16.4 Å². The number of nitrogens with one attached hydrogen (secondary N) is 1. The molecule has 0 atom stereocenters. The van der Waals surface area contributed by atoms with Crippen LogP contribution in [0.2, 0.25) is 0 Å². The van der Waals surface area contributed by atoms with Gasteiger partial charge in [-0.1, -0.05) is 6.07 Å². The lowest BCUT2D eigenvalue weighted by Gasteiger charge is -2.08. The van der Waals surface area contributed by atoms with Crippen LogP contribution in [-0.4, -0.2) is 19.9 Å². The quantitative estimate of drug-likeness (QED) is 0.923. The highest BCUT2D eigenvalue weighted by Gasteiger charge is 2.14. The lowest BCUT2D eigenvalue weighted by Crippen LogP contribution is -2.26. The zero-order valence-electron chi connectivity index (χ0n) is 11.8. The molecule has 2 aromatic rings. The first-order chi connectivity index (χ1) is 9.40. The molecular formula is C14H18N2O2S2. The molecule has 0 aliphatic rings. The van der Waals surface area contributed by atoms with E-state index in [0.29, 0.717) is 17.9 Å². The Morgan fingerprint density at radius 3 is 2.55 bits per heavy atom. The van der Waals surface area contributed by atoms with E-state index in [1.807, 2.05) is 26.8 Å². The standard InChI is InChI=1S/C14H18N2O2S2/c1-10-4-5-13(8-11(10)2)20(17,18)16-7-6-14-12(3)15-9-19-14/h4-5,8-9,16H,6-7H2,1-3H3. The Morgan fingerprint density at radius 1 is 1.20 bits per heavy atom. The maximum Gasteiger partial charge on any atom is 0.240 e. The van der Waals surface area contributed by atoms with E-state index in [0.717, 1.165) is 21.7 Å². The van der Waals surface area contributed by atoms with Gasteiger partial charge in [0, 0.05) is 11.4 Å². The van der Waals surface area contributed by atoms with Crippen molar-refractivity contribution in [1.29, 1.82) is 0 Å². The van der Waals surface area contributed by atoms with Gasteiger partial charge in [0.25, 0.3) is 0 Å². The number of nitrogens with zero attached hydrogens (tertiary/aromatic N) is 1. The molecule has 0 aliphatic heterocycles. The number of rotatable bonds is 5. The van der Waals surface area contributed by atoms with E-state index in [1.165, 1.54) is 0 Å². The van der Waals surface area contributed by atoms with Crippen LogP contribution in [0.5, 0.6) is 0 Å². The van der Waals surface area contributed by atoms with Crippen molar-refractivity contribution in [3.63, 3.8) is 0 Å². The van der Waals surface area contributed by atoms with E-state index in [2.05, 4.69) is 9.71 Å². The molecule has 1 heterocycles. The third kappa shape index (κ3) is 3.45. The Labute approximate surface area is 123 Å². The van der Waals surface area contributed by atoms with E-state index in [9.17, 15) is 8.42 Å². The van der Waals surface area contributed by atoms with Crippen LogP contribution >= 0.6 is 11.3 Å². The summed E-state index contributed by atoms with van der Waals surface area (Å²) in [5.74, 6) is 0. The Bertz CT molecular complexity index is 706. The molecule has 108 valence electrons. The molecule has 20 heavy (non-hydrogen) atoms. The number of hydrogen-bond acceptors (Lipinski definition) is 4. The first-order valence-electron chi connectivity index (χ1n) is 6.36. The van der Waals surface area contributed by atoms with Crippen molar-refractivity contribution in [2.24, 2.45) is 0 Å². The predicted molar refractivity (Wildman–Crippen MR) is 81.7 cm³/mol. The number of hydrogen-bond donors (Lipinski definition) is 1. The molecule has 0 unspecified atom stereocenters. The first kappa shape index (κ1) is 15.2. The summed E-state index contributed by atoms with van der Waals surface area (Å²) >= 11 is 1.55. The normalized spacial score (nSPS) is 11.8. The second-order valence-corrected chi connectivity index (χ2v) is 7.46. The molecule has 0 radical (unpaired) electrons. The Kier molecular flexibility index (Phi) is 4.57. The summed E-state index contributed by atoms with van der Waals surface area (Å²) in [5, 5.41) is 0. The number of thiazole rings is 1. The molecule has 0 spiro atoms. The minimum absolute atomic E-state index is 0.321. The van der Waals surface area contributed by atoms with Crippen LogP contribution in [0.3, 0.4) is 0 Å². The molecule has 0 aliphatic carbocycles. The van der Waals surface area contributed by atoms with Crippen LogP contribution < -0.4 is 4.72 Å². The highest BCUT2D eigenvalue weighted by molar-refractivity contribution is 7.89. The minimum atomic E-state index is -3.43. The average Bonchev–Trinajstić information content (AvgIpc) is 2.78. The molecule has 0 fully saturated rings. The zero-order valence-corrected chi connectivity index (χ0v) is 13.4. The van der Waals surface area contributed by atoms with Crippen LogP contribution in [0, 0.1) is 20.8 Å². The van der Waals surface area contributed by atoms with Crippen molar-refractivity contribution in [3.8, 4) is 0 Å². The molecule has 4 nitrogen and oxygen atoms in total. The van der Waals surface area contributed by atoms with Crippen LogP contribution in [0.1, 0.15) is 21.7 Å². The van der Waals surface area contributed by atoms with Gasteiger partial charge in [0.2, 0.25) is 10.0 Å². The molecule has 0 saturated heterocycles. The van der Waals surface area contributed by atoms with Crippen molar-refractivity contribution in [1.82, 2.24) is 9.71 Å². The summed E-state index contributed by atoms with van der Waals surface area (Å²) in [4.78, 5) is 5.59. The molecule has 2 rings (SSSR count). The molecule has 0 saturated carbocycles. The summed E-state index contributed by atoms with van der Waals surface area (Å²) in [6.45, 7) is 6.20. The summed E-state index contributed by atoms with van der Waals surface area (Å²) in [6, 6.07) is 5.18. The molecule has 0 bridgehead atoms. The van der Waals surface area contributed by atoms with E-state index < -0.39 is 10.0 Å². The fraction of sp³-hybridized carbons (Fsp3) is 0.357. The van der Waals surface area contributed by atoms with Crippen molar-refractivity contribution in [3.05, 3.63) is 45.4 Å². The van der Waals surface area contributed by atoms with Gasteiger partial charge in [-0.05, 0) is 50.5 Å². The molecular weight excluding hydrogens is 292 g/mol. The summed E-state index contributed by atoms with van der Waals surface area (Å²) in [7, 11) is -3.43. The van der Waals surface area contributed by atoms with Gasteiger partial charge in [-0.15, -0.1) is 11.3 Å². The Balaban J connectivity index is 2.04. The highest BCUT2D eigenvalue weighted by atomic mass is 32.2. The fourth-order valence-electron chi connectivity index (χ4n) is 1.83. The third-order valence-electron chi connectivity index (χ3n) is 3.28. The zero-order chi connectivity index (χ0) is 14.8. The van der Waals surface area contributed by atoms with Gasteiger partial charge in [-0.2, -0.15) is 0 Å². The Hall–Kier alpha value is -1.24. The summed E-state index contributed by atoms with van der Waals surface area (Å²) < 4.78 is 27.0. The SMILES string of the molecule is Cc1ccc(S(=O)(=O)NCCc2scnc2C)cc1C. The summed E-state index contributed by atoms with van der Waals surface area (Å²) in [6.07, 6.45) is 0.667. The monoisotopic (exact) mass is 310 g/mol. The molecule has 1 N–H and O–H groups in total. The molecule has 0 amide bonds. The average molecular weight is 310 g/mol. The predicted octanol–water partition coefficient (Wildman–Crippen LogP) is 2.59. The first-order valence-corrected chi connectivity index (χ1v) is 8.72. The number of aromatic nitrogens is 1. The topological polar surface area (TPSA) is 59.1 Å². The Morgan fingerprint density at radius 2 is 1.95 bits per heavy atom. The largest absolute Gasteiger partial charge is 0.250 e. The van der Waals surface area contributed by atoms with E-state index >= 15 is 0 Å². The van der Waals surface area contributed by atoms with Crippen molar-refractivity contribution >= 4 is 21.4 Å². The lowest BCUT2D eigenvalue weighted by molar-refractivity contribution is 0.581. The van der Waals surface area contributed by atoms with Gasteiger partial charge in [-0.3, -0.25) is 0 Å². The minimum Gasteiger partial charge on any atom is -0.250 e. The smallest absolute Gasteiger partial charge is 0.240 e. The van der Waals surface area contributed by atoms with Gasteiger partial charge in [-0.25, -0.2) is 18.1 Å². The van der Waals surface area contributed by atoms with Gasteiger partial charge in [0.1, 0.15) is 0 Å². The second-order valence-electron chi connectivity index (χ2n) is 4.75. The number of benzene rings is 1. The van der Waals surface area contributed by atoms with Gasteiger partial charge in [0.05, 0.1) is 16.1 Å². The van der Waals surface area contributed by atoms with Crippen molar-refractivity contribution in [2.75, 3.05) is 6.54 Å². The van der Waals surface area contributed by atoms with Crippen molar-refractivity contribution in [2.45, 2.75) is 32.1 Å². The van der Waals surface area contributed by atoms with Crippen LogP contribution in [0.4, 0.5) is 0 Å². The lowest BCUT2D eigenvalue weighted by atomic mass is 10.1. The molecule has 6 heteroatoms. The molecule has 1 aromatic carbocycles. The van der Waals surface area contributed by atoms with Crippen molar-refractivity contribution < 1.29 is 8.42 Å². The van der Waals surface area contributed by atoms with E-state index in [4.69, 9.17) is 0 Å². The maximum atomic E-state index is 12.2. The maximum absolute atomic E-state index is 12.2. The summed E-state index contributed by atoms with van der Waals surface area (Å²) in [5.41, 5.74) is 4.82. The van der Waals surface area contributed by atoms with E-state index in [-0.39, 0.29) is 0 Å². The molecule has 1 aromatic heterocycles. The third-order valence-corrected chi connectivity index (χ3v) is 5.73. The van der Waals surface area contributed by atoms with Crippen LogP contribution in [0.25, 0.3) is 0 Å². The number of sulfonamides is 1. The van der Waals surface area contributed by atoms with E-state index in [1.54, 1.807) is 29.0 Å². The second kappa shape index (κ2) is 6.03.